The van der Waals surface area contributed by atoms with E-state index in [0.717, 1.165) is 0 Å². The number of esters is 1. The lowest BCUT2D eigenvalue weighted by molar-refractivity contribution is 0.0552. The molecule has 0 atom stereocenters. The average Bonchev–Trinajstić information content (AvgIpc) is 2.48. The third kappa shape index (κ3) is 4.33. The minimum absolute atomic E-state index is 0.0278. The van der Waals surface area contributed by atoms with Crippen LogP contribution in [0.15, 0.2) is 18.2 Å². The lowest BCUT2D eigenvalue weighted by Crippen LogP contribution is -2.09. The van der Waals surface area contributed by atoms with Crippen LogP contribution in [0.5, 0.6) is 11.5 Å². The molecular formula is C16H12O4. The van der Waals surface area contributed by atoms with Crippen molar-refractivity contribution < 1.29 is 19.0 Å². The third-order valence-electron chi connectivity index (χ3n) is 2.09. The van der Waals surface area contributed by atoms with E-state index in [-0.39, 0.29) is 31.1 Å². The number of hydrogen-bond acceptors (Lipinski definition) is 4. The molecule has 0 aromatic heterocycles. The summed E-state index contributed by atoms with van der Waals surface area (Å²) in [6.07, 6.45) is 15.3. The Balaban J connectivity index is 3.00. The van der Waals surface area contributed by atoms with Crippen LogP contribution in [-0.4, -0.2) is 25.8 Å². The van der Waals surface area contributed by atoms with Crippen molar-refractivity contribution in [2.24, 2.45) is 0 Å². The molecule has 0 saturated carbocycles. The molecule has 4 nitrogen and oxygen atoms in total. The van der Waals surface area contributed by atoms with E-state index in [0.29, 0.717) is 5.75 Å². The Morgan fingerprint density at radius 1 is 1.00 bits per heavy atom. The van der Waals surface area contributed by atoms with Gasteiger partial charge in [0, 0.05) is 0 Å². The second-order valence-electron chi connectivity index (χ2n) is 3.42. The Bertz CT molecular complexity index is 596. The first-order valence-corrected chi connectivity index (χ1v) is 5.60. The summed E-state index contributed by atoms with van der Waals surface area (Å²) in [7, 11) is 0. The lowest BCUT2D eigenvalue weighted by Gasteiger charge is -2.11. The van der Waals surface area contributed by atoms with Crippen molar-refractivity contribution in [2.75, 3.05) is 19.8 Å². The number of ether oxygens (including phenoxy) is 3. The van der Waals surface area contributed by atoms with Gasteiger partial charge in [-0.3, -0.25) is 0 Å². The fraction of sp³-hybridized carbons (Fsp3) is 0.188. The first-order valence-electron chi connectivity index (χ1n) is 5.60. The van der Waals surface area contributed by atoms with Crippen LogP contribution in [0.1, 0.15) is 10.4 Å². The number of benzene rings is 1. The smallest absolute Gasteiger partial charge is 0.343 e. The van der Waals surface area contributed by atoms with Gasteiger partial charge in [-0.1, -0.05) is 17.8 Å². The molecule has 100 valence electrons. The van der Waals surface area contributed by atoms with Gasteiger partial charge in [-0.25, -0.2) is 4.79 Å². The number of hydrogen-bond donors (Lipinski definition) is 0. The number of carbonyl (C=O) groups excluding carboxylic acids is 1. The summed E-state index contributed by atoms with van der Waals surface area (Å²) in [4.78, 5) is 11.9. The first-order chi connectivity index (χ1) is 9.72. The zero-order valence-corrected chi connectivity index (χ0v) is 10.7. The molecule has 0 bridgehead atoms. The maximum atomic E-state index is 11.9. The Labute approximate surface area is 118 Å². The number of terminal acetylenes is 3. The van der Waals surface area contributed by atoms with E-state index in [1.54, 1.807) is 12.1 Å². The molecule has 1 rings (SSSR count). The highest BCUT2D eigenvalue weighted by molar-refractivity contribution is 5.93. The largest absolute Gasteiger partial charge is 0.481 e. The van der Waals surface area contributed by atoms with Crippen LogP contribution in [0.4, 0.5) is 0 Å². The topological polar surface area (TPSA) is 44.8 Å². The lowest BCUT2D eigenvalue weighted by atomic mass is 10.2. The fourth-order valence-corrected chi connectivity index (χ4v) is 1.31. The number of carbonyl (C=O) groups is 1. The molecule has 0 aliphatic heterocycles. The zero-order valence-electron chi connectivity index (χ0n) is 10.7. The maximum Gasteiger partial charge on any atom is 0.343 e. The molecule has 0 aliphatic carbocycles. The van der Waals surface area contributed by atoms with E-state index in [1.807, 2.05) is 0 Å². The maximum absolute atomic E-state index is 11.9. The van der Waals surface area contributed by atoms with Crippen LogP contribution >= 0.6 is 0 Å². The molecule has 0 radical (unpaired) electrons. The van der Waals surface area contributed by atoms with Gasteiger partial charge >= 0.3 is 5.97 Å². The normalized spacial score (nSPS) is 8.65. The predicted octanol–water partition coefficient (Wildman–Crippen LogP) is 1.50. The van der Waals surface area contributed by atoms with Gasteiger partial charge < -0.3 is 14.2 Å². The summed E-state index contributed by atoms with van der Waals surface area (Å²) in [6.45, 7) is -0.0216. The molecule has 20 heavy (non-hydrogen) atoms. The monoisotopic (exact) mass is 268 g/mol. The minimum Gasteiger partial charge on any atom is -0.481 e. The van der Waals surface area contributed by atoms with E-state index in [4.69, 9.17) is 33.5 Å². The van der Waals surface area contributed by atoms with Crippen molar-refractivity contribution >= 4 is 5.97 Å². The molecule has 0 aliphatic rings. The van der Waals surface area contributed by atoms with Crippen molar-refractivity contribution in [1.82, 2.24) is 0 Å². The van der Waals surface area contributed by atoms with Crippen molar-refractivity contribution in [3.05, 3.63) is 23.8 Å². The van der Waals surface area contributed by atoms with Crippen molar-refractivity contribution in [2.45, 2.75) is 0 Å². The predicted molar refractivity (Wildman–Crippen MR) is 74.2 cm³/mol. The second kappa shape index (κ2) is 8.14. The molecule has 0 N–H and O–H groups in total. The van der Waals surface area contributed by atoms with E-state index in [1.165, 1.54) is 6.07 Å². The molecule has 0 fully saturated rings. The van der Waals surface area contributed by atoms with E-state index >= 15 is 0 Å². The zero-order chi connectivity index (χ0) is 14.8. The molecule has 0 spiro atoms. The summed E-state index contributed by atoms with van der Waals surface area (Å²) < 4.78 is 15.3. The van der Waals surface area contributed by atoms with E-state index < -0.39 is 5.97 Å². The molecule has 0 saturated heterocycles. The Morgan fingerprint density at radius 3 is 2.30 bits per heavy atom. The summed E-state index contributed by atoms with van der Waals surface area (Å²) in [6, 6.07) is 4.62. The SMILES string of the molecule is C#CCOC(=O)c1cc(OCC#C)ccc1OCC#C. The summed E-state index contributed by atoms with van der Waals surface area (Å²) in [5.41, 5.74) is 0.171. The van der Waals surface area contributed by atoms with Gasteiger partial charge in [0.2, 0.25) is 0 Å². The fourth-order valence-electron chi connectivity index (χ4n) is 1.31. The van der Waals surface area contributed by atoms with Gasteiger partial charge in [0.25, 0.3) is 0 Å². The highest BCUT2D eigenvalue weighted by atomic mass is 16.5. The molecule has 0 amide bonds. The van der Waals surface area contributed by atoms with E-state index in [2.05, 4.69) is 17.8 Å². The molecular weight excluding hydrogens is 256 g/mol. The van der Waals surface area contributed by atoms with Crippen LogP contribution in [0, 0.1) is 37.0 Å². The van der Waals surface area contributed by atoms with Gasteiger partial charge in [0.1, 0.15) is 30.3 Å². The van der Waals surface area contributed by atoms with Crippen LogP contribution in [0.25, 0.3) is 0 Å². The molecule has 0 heterocycles. The van der Waals surface area contributed by atoms with Gasteiger partial charge in [-0.15, -0.1) is 19.3 Å². The van der Waals surface area contributed by atoms with Gasteiger partial charge in [0.05, 0.1) is 0 Å². The highest BCUT2D eigenvalue weighted by Crippen LogP contribution is 2.25. The van der Waals surface area contributed by atoms with Crippen LogP contribution in [0.2, 0.25) is 0 Å². The van der Waals surface area contributed by atoms with Crippen LogP contribution < -0.4 is 9.47 Å². The summed E-state index contributed by atoms with van der Waals surface area (Å²) >= 11 is 0. The van der Waals surface area contributed by atoms with Crippen molar-refractivity contribution in [3.8, 4) is 48.5 Å². The summed E-state index contributed by atoms with van der Waals surface area (Å²) in [5, 5.41) is 0. The van der Waals surface area contributed by atoms with Crippen molar-refractivity contribution in [3.63, 3.8) is 0 Å². The molecule has 1 aromatic carbocycles. The van der Waals surface area contributed by atoms with Gasteiger partial charge in [-0.05, 0) is 18.2 Å². The third-order valence-corrected chi connectivity index (χ3v) is 2.09. The van der Waals surface area contributed by atoms with Crippen LogP contribution in [-0.2, 0) is 4.74 Å². The Kier molecular flexibility index (Phi) is 6.12. The number of rotatable bonds is 6. The van der Waals surface area contributed by atoms with Gasteiger partial charge in [-0.2, -0.15) is 0 Å². The van der Waals surface area contributed by atoms with Crippen molar-refractivity contribution in [1.29, 1.82) is 0 Å². The molecule has 1 aromatic rings. The molecule has 4 heteroatoms. The second-order valence-corrected chi connectivity index (χ2v) is 3.42. The standard InChI is InChI=1S/C16H12O4/c1-4-9-18-13-7-8-15(19-10-5-2)14(12-13)16(17)20-11-6-3/h1-3,7-8,12H,9-11H2. The first kappa shape index (κ1) is 15.0. The Morgan fingerprint density at radius 2 is 1.65 bits per heavy atom. The van der Waals surface area contributed by atoms with E-state index in [9.17, 15) is 4.79 Å². The average molecular weight is 268 g/mol. The Hall–Kier alpha value is -3.03. The quantitative estimate of drug-likeness (QED) is 0.579. The van der Waals surface area contributed by atoms with Gasteiger partial charge in [0.15, 0.2) is 6.61 Å². The summed E-state index contributed by atoms with van der Waals surface area (Å²) in [5.74, 6) is 6.93. The molecule has 0 unspecified atom stereocenters. The highest BCUT2D eigenvalue weighted by Gasteiger charge is 2.15. The van der Waals surface area contributed by atoms with Crippen LogP contribution in [0.3, 0.4) is 0 Å². The minimum atomic E-state index is -0.624.